The molecule has 202 valence electrons. The third kappa shape index (κ3) is 12.9. The van der Waals surface area contributed by atoms with Crippen LogP contribution in [0, 0.1) is 0 Å². The monoisotopic (exact) mass is 604 g/mol. The normalized spacial score (nSPS) is 14.4. The summed E-state index contributed by atoms with van der Waals surface area (Å²) in [5.41, 5.74) is 0. The van der Waals surface area contributed by atoms with Gasteiger partial charge >= 0.3 is 220 Å². The van der Waals surface area contributed by atoms with E-state index >= 15 is 0 Å². The Labute approximate surface area is 219 Å². The van der Waals surface area contributed by atoms with Gasteiger partial charge in [-0.25, -0.2) is 0 Å². The van der Waals surface area contributed by atoms with Crippen molar-refractivity contribution in [2.24, 2.45) is 0 Å². The Bertz CT molecular complexity index is 559. The van der Waals surface area contributed by atoms with Crippen molar-refractivity contribution >= 4 is 32.7 Å². The third-order valence-electron chi connectivity index (χ3n) is 7.87. The summed E-state index contributed by atoms with van der Waals surface area (Å²) in [5, 5.41) is 0.187. The second kappa shape index (κ2) is 17.6. The van der Waals surface area contributed by atoms with Gasteiger partial charge in [-0.15, -0.1) is 0 Å². The second-order valence-corrected chi connectivity index (χ2v) is 30.2. The van der Waals surface area contributed by atoms with Gasteiger partial charge in [0.2, 0.25) is 0 Å². The molecule has 5 heteroatoms. The molecule has 0 aromatic rings. The molecule has 0 spiro atoms. The average Bonchev–Trinajstić information content (AvgIpc) is 2.75. The molecule has 0 rings (SSSR count). The summed E-state index contributed by atoms with van der Waals surface area (Å²) >= 11 is -2.73. The van der Waals surface area contributed by atoms with Gasteiger partial charge in [0, 0.05) is 0 Å². The van der Waals surface area contributed by atoms with Crippen molar-refractivity contribution < 1.29 is 14.0 Å². The van der Waals surface area contributed by atoms with Gasteiger partial charge in [-0.3, -0.25) is 0 Å². The Morgan fingerprint density at radius 2 is 1.32 bits per heavy atom. The first-order valence-electron chi connectivity index (χ1n) is 14.4. The molecule has 1 unspecified atom stereocenters. The van der Waals surface area contributed by atoms with Crippen LogP contribution in [-0.4, -0.2) is 45.4 Å². The van der Waals surface area contributed by atoms with Gasteiger partial charge in [-0.1, -0.05) is 0 Å². The van der Waals surface area contributed by atoms with Crippen LogP contribution in [0.15, 0.2) is 9.67 Å². The topological polar surface area (TPSA) is 35.5 Å². The van der Waals surface area contributed by atoms with Crippen LogP contribution >= 0.6 is 0 Å². The maximum absolute atomic E-state index is 11.9. The van der Waals surface area contributed by atoms with Gasteiger partial charge in [0.1, 0.15) is 0 Å². The number of ether oxygens (including phenoxy) is 1. The molecule has 0 aromatic carbocycles. The third-order valence-corrected chi connectivity index (χ3v) is 28.4. The fourth-order valence-electron chi connectivity index (χ4n) is 4.51. The summed E-state index contributed by atoms with van der Waals surface area (Å²) in [6, 6.07) is 0. The van der Waals surface area contributed by atoms with Crippen molar-refractivity contribution in [3.8, 4) is 0 Å². The van der Waals surface area contributed by atoms with E-state index in [1.165, 1.54) is 71.1 Å². The van der Waals surface area contributed by atoms with E-state index in [9.17, 15) is 4.79 Å². The minimum absolute atomic E-state index is 0.152. The fourth-order valence-corrected chi connectivity index (χ4v) is 22.1. The molecule has 3 nitrogen and oxygen atoms in total. The fraction of sp³-hybridized carbons (Fsp3) is 0.897. The first kappa shape index (κ1) is 34.2. The van der Waals surface area contributed by atoms with E-state index < -0.39 is 26.7 Å². The molecule has 0 aliphatic carbocycles. The number of hydrogen-bond donors (Lipinski definition) is 0. The SMILES string of the molecule is CCCCCC(/C=[C](\COC(C)=O)[Sn]([CH2]CCC)([CH2]CCC)[CH2]CCC)O[Si](C)(C)C(C)(C)C. The van der Waals surface area contributed by atoms with Crippen molar-refractivity contribution in [1.29, 1.82) is 0 Å². The number of rotatable bonds is 19. The number of unbranched alkanes of at least 4 members (excludes halogenated alkanes) is 5. The van der Waals surface area contributed by atoms with E-state index in [0.29, 0.717) is 6.61 Å². The van der Waals surface area contributed by atoms with Gasteiger partial charge in [-0.05, 0) is 0 Å². The van der Waals surface area contributed by atoms with Gasteiger partial charge < -0.3 is 0 Å². The number of carbonyl (C=O) groups excluding carboxylic acids is 1. The van der Waals surface area contributed by atoms with E-state index in [-0.39, 0.29) is 17.1 Å². The quantitative estimate of drug-likeness (QED) is 0.0838. The van der Waals surface area contributed by atoms with Crippen molar-refractivity contribution in [2.75, 3.05) is 6.61 Å². The summed E-state index contributed by atoms with van der Waals surface area (Å²) in [7, 11) is -1.90. The van der Waals surface area contributed by atoms with E-state index in [1.54, 1.807) is 10.5 Å². The molecule has 0 saturated carbocycles. The summed E-state index contributed by atoms with van der Waals surface area (Å²) in [6.45, 7) is 23.0. The summed E-state index contributed by atoms with van der Waals surface area (Å²) in [6.07, 6.45) is 15.1. The standard InChI is InChI=1S/C17H33O3Si.3C4H9.Sn/c1-8-9-10-12-16(13-11-14-19-15(2)18)20-21(6,7)17(3,4)5;3*1-3-4-2;/h13,16H,8-10,12,14H2,1-7H3;3*1,3-4H2,2H3;. The second-order valence-electron chi connectivity index (χ2n) is 12.0. The molecule has 0 aromatic heterocycles. The number of esters is 1. The minimum atomic E-state index is -2.73. The Balaban J connectivity index is 6.48. The zero-order valence-electron chi connectivity index (χ0n) is 24.8. The molecule has 0 N–H and O–H groups in total. The predicted octanol–water partition coefficient (Wildman–Crippen LogP) is 9.83. The molecule has 0 bridgehead atoms. The Morgan fingerprint density at radius 1 is 0.853 bits per heavy atom. The Kier molecular flexibility index (Phi) is 17.7. The van der Waals surface area contributed by atoms with Crippen LogP contribution < -0.4 is 0 Å². The van der Waals surface area contributed by atoms with E-state index in [2.05, 4.69) is 67.6 Å². The van der Waals surface area contributed by atoms with Crippen LogP contribution in [0.3, 0.4) is 0 Å². The first-order valence-corrected chi connectivity index (χ1v) is 24.8. The van der Waals surface area contributed by atoms with Crippen LogP contribution in [0.1, 0.15) is 120 Å². The maximum atomic E-state index is 11.9. The van der Waals surface area contributed by atoms with Crippen LogP contribution in [0.5, 0.6) is 0 Å². The van der Waals surface area contributed by atoms with Crippen molar-refractivity contribution in [1.82, 2.24) is 0 Å². The molecule has 0 radical (unpaired) electrons. The van der Waals surface area contributed by atoms with Crippen LogP contribution in [0.25, 0.3) is 0 Å². The molecular formula is C29H60O3SiSn. The van der Waals surface area contributed by atoms with Crippen molar-refractivity contribution in [3.63, 3.8) is 0 Å². The molecule has 0 fully saturated rings. The molecule has 34 heavy (non-hydrogen) atoms. The van der Waals surface area contributed by atoms with Crippen LogP contribution in [0.4, 0.5) is 0 Å². The van der Waals surface area contributed by atoms with Gasteiger partial charge in [0.05, 0.1) is 0 Å². The first-order chi connectivity index (χ1) is 15.9. The van der Waals surface area contributed by atoms with E-state index in [0.717, 1.165) is 6.42 Å². The molecule has 0 heterocycles. The zero-order chi connectivity index (χ0) is 26.3. The number of carbonyl (C=O) groups is 1. The Morgan fingerprint density at radius 3 is 1.71 bits per heavy atom. The van der Waals surface area contributed by atoms with Crippen LogP contribution in [-0.2, 0) is 14.0 Å². The average molecular weight is 604 g/mol. The summed E-state index contributed by atoms with van der Waals surface area (Å²) in [5.74, 6) is -0.152. The van der Waals surface area contributed by atoms with Gasteiger partial charge in [0.25, 0.3) is 0 Å². The molecule has 0 aliphatic rings. The van der Waals surface area contributed by atoms with Crippen molar-refractivity contribution in [3.05, 3.63) is 9.67 Å². The Hall–Kier alpha value is 0.186. The molecule has 0 amide bonds. The van der Waals surface area contributed by atoms with Crippen LogP contribution in [0.2, 0.25) is 31.4 Å². The van der Waals surface area contributed by atoms with E-state index in [1.807, 2.05) is 0 Å². The predicted molar refractivity (Wildman–Crippen MR) is 156 cm³/mol. The van der Waals surface area contributed by atoms with Gasteiger partial charge in [0.15, 0.2) is 0 Å². The molecular weight excluding hydrogens is 543 g/mol. The van der Waals surface area contributed by atoms with Gasteiger partial charge in [-0.2, -0.15) is 0 Å². The zero-order valence-corrected chi connectivity index (χ0v) is 28.6. The molecule has 0 aliphatic heterocycles. The van der Waals surface area contributed by atoms with Crippen molar-refractivity contribution in [2.45, 2.75) is 157 Å². The number of hydrogen-bond acceptors (Lipinski definition) is 3. The summed E-state index contributed by atoms with van der Waals surface area (Å²) in [4.78, 5) is 11.9. The molecule has 1 atom stereocenters. The van der Waals surface area contributed by atoms with E-state index in [4.69, 9.17) is 9.16 Å². The molecule has 0 saturated heterocycles. The summed E-state index contributed by atoms with van der Waals surface area (Å²) < 4.78 is 18.5.